The van der Waals surface area contributed by atoms with Crippen LogP contribution in [0.5, 0.6) is 0 Å². The van der Waals surface area contributed by atoms with Crippen LogP contribution in [0.25, 0.3) is 0 Å². The molecule has 3 aromatic rings. The number of likely N-dealkylation sites (tertiary alicyclic amines) is 1. The predicted octanol–water partition coefficient (Wildman–Crippen LogP) is 4.53. The van der Waals surface area contributed by atoms with Gasteiger partial charge < -0.3 is 9.47 Å². The van der Waals surface area contributed by atoms with Crippen LogP contribution in [0.2, 0.25) is 5.02 Å². The lowest BCUT2D eigenvalue weighted by atomic mass is 10.0. The standard InChI is InChI=1S/C23H21ClN2O2/c24-20-10-5-4-9-18(20)15-25-16-19(12-13-22(25)27)23(28)26-14-6-11-21(26)17-7-2-1-3-8-17/h1-5,7-10,12-13,16,21H,6,11,14-15H2. The maximum atomic E-state index is 13.2. The molecule has 2 heterocycles. The Bertz CT molecular complexity index is 1050. The van der Waals surface area contributed by atoms with Gasteiger partial charge in [0.05, 0.1) is 18.2 Å². The van der Waals surface area contributed by atoms with Crippen molar-refractivity contribution in [2.45, 2.75) is 25.4 Å². The summed E-state index contributed by atoms with van der Waals surface area (Å²) in [6, 6.07) is 20.7. The highest BCUT2D eigenvalue weighted by molar-refractivity contribution is 6.31. The summed E-state index contributed by atoms with van der Waals surface area (Å²) in [6.45, 7) is 1.06. The van der Waals surface area contributed by atoms with Crippen molar-refractivity contribution in [1.82, 2.24) is 9.47 Å². The van der Waals surface area contributed by atoms with Gasteiger partial charge in [0, 0.05) is 23.8 Å². The lowest BCUT2D eigenvalue weighted by molar-refractivity contribution is 0.0734. The van der Waals surface area contributed by atoms with Gasteiger partial charge in [0.2, 0.25) is 0 Å². The molecule has 0 spiro atoms. The van der Waals surface area contributed by atoms with Gasteiger partial charge in [-0.05, 0) is 36.1 Å². The van der Waals surface area contributed by atoms with E-state index in [9.17, 15) is 9.59 Å². The Kier molecular flexibility index (Phi) is 5.31. The van der Waals surface area contributed by atoms with Gasteiger partial charge in [0.25, 0.3) is 11.5 Å². The molecule has 1 atom stereocenters. The number of benzene rings is 2. The van der Waals surface area contributed by atoms with E-state index in [4.69, 9.17) is 11.6 Å². The lowest BCUT2D eigenvalue weighted by Crippen LogP contribution is -2.32. The van der Waals surface area contributed by atoms with Crippen molar-refractivity contribution >= 4 is 17.5 Å². The number of hydrogen-bond donors (Lipinski definition) is 0. The second-order valence-corrected chi connectivity index (χ2v) is 7.45. The molecular weight excluding hydrogens is 372 g/mol. The highest BCUT2D eigenvalue weighted by Crippen LogP contribution is 2.32. The lowest BCUT2D eigenvalue weighted by Gasteiger charge is -2.25. The quantitative estimate of drug-likeness (QED) is 0.654. The molecule has 0 aliphatic carbocycles. The summed E-state index contributed by atoms with van der Waals surface area (Å²) in [6.07, 6.45) is 3.58. The average molecular weight is 393 g/mol. The molecule has 0 saturated carbocycles. The number of carbonyl (C=O) groups excluding carboxylic acids is 1. The molecule has 142 valence electrons. The maximum absolute atomic E-state index is 13.2. The SMILES string of the molecule is O=C(c1ccc(=O)n(Cc2ccccc2Cl)c1)N1CCCC1c1ccccc1. The van der Waals surface area contributed by atoms with Crippen molar-refractivity contribution in [1.29, 1.82) is 0 Å². The van der Waals surface area contributed by atoms with Crippen LogP contribution >= 0.6 is 11.6 Å². The first-order valence-corrected chi connectivity index (χ1v) is 9.81. The van der Waals surface area contributed by atoms with Crippen LogP contribution < -0.4 is 5.56 Å². The van der Waals surface area contributed by atoms with E-state index in [-0.39, 0.29) is 17.5 Å². The zero-order valence-electron chi connectivity index (χ0n) is 15.4. The van der Waals surface area contributed by atoms with Crippen LogP contribution in [0.4, 0.5) is 0 Å². The maximum Gasteiger partial charge on any atom is 0.255 e. The monoisotopic (exact) mass is 392 g/mol. The van der Waals surface area contributed by atoms with E-state index in [2.05, 4.69) is 12.1 Å². The number of aromatic nitrogens is 1. The zero-order chi connectivity index (χ0) is 19.5. The van der Waals surface area contributed by atoms with Gasteiger partial charge in [-0.1, -0.05) is 60.1 Å². The Hall–Kier alpha value is -2.85. The first-order chi connectivity index (χ1) is 13.6. The molecule has 2 aromatic carbocycles. The van der Waals surface area contributed by atoms with Gasteiger partial charge in [-0.3, -0.25) is 9.59 Å². The minimum atomic E-state index is -0.155. The highest BCUT2D eigenvalue weighted by Gasteiger charge is 2.30. The summed E-state index contributed by atoms with van der Waals surface area (Å²) in [4.78, 5) is 27.4. The number of amides is 1. The molecule has 4 rings (SSSR count). The number of pyridine rings is 1. The summed E-state index contributed by atoms with van der Waals surface area (Å²) in [7, 11) is 0. The van der Waals surface area contributed by atoms with Gasteiger partial charge in [0.15, 0.2) is 0 Å². The van der Waals surface area contributed by atoms with Crippen LogP contribution in [0, 0.1) is 0 Å². The summed E-state index contributed by atoms with van der Waals surface area (Å²) in [5.74, 6) is -0.0424. The number of halogens is 1. The Morgan fingerprint density at radius 1 is 1.00 bits per heavy atom. The van der Waals surface area contributed by atoms with E-state index in [1.165, 1.54) is 6.07 Å². The van der Waals surface area contributed by atoms with Gasteiger partial charge in [-0.15, -0.1) is 0 Å². The van der Waals surface area contributed by atoms with E-state index in [0.717, 1.165) is 30.5 Å². The fourth-order valence-electron chi connectivity index (χ4n) is 3.79. The minimum absolute atomic E-state index is 0.0424. The largest absolute Gasteiger partial charge is 0.332 e. The summed E-state index contributed by atoms with van der Waals surface area (Å²) >= 11 is 6.23. The van der Waals surface area contributed by atoms with Crippen LogP contribution in [-0.4, -0.2) is 21.9 Å². The smallest absolute Gasteiger partial charge is 0.255 e. The Morgan fingerprint density at radius 2 is 1.75 bits per heavy atom. The van der Waals surface area contributed by atoms with Gasteiger partial charge in [-0.25, -0.2) is 0 Å². The Labute approximate surface area is 169 Å². The van der Waals surface area contributed by atoms with E-state index >= 15 is 0 Å². The van der Waals surface area contributed by atoms with E-state index in [0.29, 0.717) is 17.1 Å². The first-order valence-electron chi connectivity index (χ1n) is 9.43. The second-order valence-electron chi connectivity index (χ2n) is 7.04. The first kappa shape index (κ1) is 18.5. The third kappa shape index (κ3) is 3.73. The molecule has 1 saturated heterocycles. The molecule has 5 heteroatoms. The van der Waals surface area contributed by atoms with Gasteiger partial charge >= 0.3 is 0 Å². The summed E-state index contributed by atoms with van der Waals surface area (Å²) in [5, 5.41) is 0.606. The molecule has 28 heavy (non-hydrogen) atoms. The molecule has 0 bridgehead atoms. The van der Waals surface area contributed by atoms with Gasteiger partial charge in [0.1, 0.15) is 0 Å². The van der Waals surface area contributed by atoms with Crippen molar-refractivity contribution in [3.63, 3.8) is 0 Å². The third-order valence-electron chi connectivity index (χ3n) is 5.23. The number of carbonyl (C=O) groups is 1. The molecule has 1 amide bonds. The average Bonchev–Trinajstić information content (AvgIpc) is 3.21. The van der Waals surface area contributed by atoms with Crippen molar-refractivity contribution in [3.8, 4) is 0 Å². The number of rotatable bonds is 4. The van der Waals surface area contributed by atoms with Crippen molar-refractivity contribution in [2.24, 2.45) is 0 Å². The highest BCUT2D eigenvalue weighted by atomic mass is 35.5. The van der Waals surface area contributed by atoms with Crippen LogP contribution in [0.15, 0.2) is 77.7 Å². The molecule has 0 N–H and O–H groups in total. The number of hydrogen-bond acceptors (Lipinski definition) is 2. The van der Waals surface area contributed by atoms with Crippen LogP contribution in [0.3, 0.4) is 0 Å². The summed E-state index contributed by atoms with van der Waals surface area (Å²) < 4.78 is 1.54. The third-order valence-corrected chi connectivity index (χ3v) is 5.60. The van der Waals surface area contributed by atoms with Crippen LogP contribution in [-0.2, 0) is 6.54 Å². The normalized spacial score (nSPS) is 16.3. The molecule has 0 radical (unpaired) electrons. The molecule has 4 nitrogen and oxygen atoms in total. The van der Waals surface area contributed by atoms with Crippen molar-refractivity contribution in [3.05, 3.63) is 105 Å². The Balaban J connectivity index is 1.61. The van der Waals surface area contributed by atoms with E-state index in [1.54, 1.807) is 22.9 Å². The molecule has 1 fully saturated rings. The topological polar surface area (TPSA) is 42.3 Å². The predicted molar refractivity (Wildman–Crippen MR) is 111 cm³/mol. The van der Waals surface area contributed by atoms with E-state index in [1.807, 2.05) is 41.3 Å². The van der Waals surface area contributed by atoms with E-state index < -0.39 is 0 Å². The molecule has 1 aliphatic rings. The minimum Gasteiger partial charge on any atom is -0.332 e. The van der Waals surface area contributed by atoms with Gasteiger partial charge in [-0.2, -0.15) is 0 Å². The molecule has 1 aromatic heterocycles. The fourth-order valence-corrected chi connectivity index (χ4v) is 3.98. The van der Waals surface area contributed by atoms with Crippen molar-refractivity contribution in [2.75, 3.05) is 6.54 Å². The second kappa shape index (κ2) is 8.03. The fraction of sp³-hybridized carbons (Fsp3) is 0.217. The molecule has 1 aliphatic heterocycles. The zero-order valence-corrected chi connectivity index (χ0v) is 16.2. The molecular formula is C23H21ClN2O2. The van der Waals surface area contributed by atoms with Crippen molar-refractivity contribution < 1.29 is 4.79 Å². The number of nitrogens with zero attached hydrogens (tertiary/aromatic N) is 2. The van der Waals surface area contributed by atoms with Crippen LogP contribution in [0.1, 0.15) is 40.4 Å². The summed E-state index contributed by atoms with van der Waals surface area (Å²) in [5.41, 5.74) is 2.36. The molecule has 1 unspecified atom stereocenters. The Morgan fingerprint density at radius 3 is 2.54 bits per heavy atom.